The van der Waals surface area contributed by atoms with Crippen molar-refractivity contribution in [2.24, 2.45) is 11.0 Å². The molecule has 1 atom stereocenters. The fourth-order valence-electron chi connectivity index (χ4n) is 3.31. The van der Waals surface area contributed by atoms with Crippen LogP contribution in [0, 0.1) is 12.8 Å². The lowest BCUT2D eigenvalue weighted by atomic mass is 10.1. The van der Waals surface area contributed by atoms with Crippen LogP contribution in [-0.2, 0) is 21.4 Å². The number of amides is 1. The molecule has 0 spiro atoms. The monoisotopic (exact) mass is 509 g/mol. The van der Waals surface area contributed by atoms with Gasteiger partial charge in [0.1, 0.15) is 12.6 Å². The second kappa shape index (κ2) is 12.3. The number of hydrogen-bond donors (Lipinski definition) is 2. The summed E-state index contributed by atoms with van der Waals surface area (Å²) in [6.07, 6.45) is 1.46. The van der Waals surface area contributed by atoms with Gasteiger partial charge in [0.15, 0.2) is 11.5 Å². The predicted molar refractivity (Wildman–Crippen MR) is 140 cm³/mol. The number of methoxy groups -OCH3 is 1. The van der Waals surface area contributed by atoms with E-state index in [0.717, 1.165) is 11.1 Å². The quantitative estimate of drug-likeness (QED) is 0.300. The van der Waals surface area contributed by atoms with E-state index < -0.39 is 22.0 Å². The first-order valence-electron chi connectivity index (χ1n) is 11.5. The van der Waals surface area contributed by atoms with Crippen LogP contribution in [-0.4, -0.2) is 33.7 Å². The highest BCUT2D eigenvalue weighted by Crippen LogP contribution is 2.28. The zero-order chi connectivity index (χ0) is 26.1. The Bertz CT molecular complexity index is 1290. The van der Waals surface area contributed by atoms with Crippen LogP contribution in [0.5, 0.6) is 11.5 Å². The van der Waals surface area contributed by atoms with Crippen LogP contribution in [0.2, 0.25) is 0 Å². The molecule has 9 heteroatoms. The lowest BCUT2D eigenvalue weighted by Gasteiger charge is -2.20. The first kappa shape index (κ1) is 26.9. The number of carbonyl (C=O) groups excluding carboxylic acids is 1. The van der Waals surface area contributed by atoms with Crippen molar-refractivity contribution in [3.05, 3.63) is 89.5 Å². The van der Waals surface area contributed by atoms with Crippen molar-refractivity contribution in [3.63, 3.8) is 0 Å². The number of sulfonamides is 1. The Morgan fingerprint density at radius 2 is 1.69 bits per heavy atom. The Morgan fingerprint density at radius 3 is 2.33 bits per heavy atom. The van der Waals surface area contributed by atoms with Gasteiger partial charge >= 0.3 is 0 Å². The van der Waals surface area contributed by atoms with Gasteiger partial charge in [0.25, 0.3) is 5.91 Å². The molecule has 0 fully saturated rings. The highest BCUT2D eigenvalue weighted by Gasteiger charge is 2.28. The first-order chi connectivity index (χ1) is 17.2. The smallest absolute Gasteiger partial charge is 0.258 e. The van der Waals surface area contributed by atoms with Crippen molar-refractivity contribution < 1.29 is 22.7 Å². The molecule has 0 bridgehead atoms. The average Bonchev–Trinajstić information content (AvgIpc) is 2.87. The SMILES string of the molecule is COc1ccc(/C=N\NC(=O)[C@H](NS(=O)(=O)c2ccc(C)cc2)C(C)C)cc1OCc1ccccc1. The Kier molecular flexibility index (Phi) is 9.21. The van der Waals surface area contributed by atoms with Crippen LogP contribution in [0.1, 0.15) is 30.5 Å². The zero-order valence-electron chi connectivity index (χ0n) is 20.8. The molecular weight excluding hydrogens is 478 g/mol. The van der Waals surface area contributed by atoms with Crippen molar-refractivity contribution in [3.8, 4) is 11.5 Å². The third-order valence-electron chi connectivity index (χ3n) is 5.38. The highest BCUT2D eigenvalue weighted by atomic mass is 32.2. The van der Waals surface area contributed by atoms with Gasteiger partial charge in [-0.15, -0.1) is 0 Å². The summed E-state index contributed by atoms with van der Waals surface area (Å²) < 4.78 is 39.3. The maximum Gasteiger partial charge on any atom is 0.258 e. The molecular formula is C27H31N3O5S. The van der Waals surface area contributed by atoms with Crippen LogP contribution in [0.3, 0.4) is 0 Å². The molecule has 0 saturated carbocycles. The van der Waals surface area contributed by atoms with E-state index in [9.17, 15) is 13.2 Å². The summed E-state index contributed by atoms with van der Waals surface area (Å²) in [6.45, 7) is 5.75. The summed E-state index contributed by atoms with van der Waals surface area (Å²) in [5, 5.41) is 4.02. The Hall–Kier alpha value is -3.69. The van der Waals surface area contributed by atoms with E-state index in [1.54, 1.807) is 51.3 Å². The Labute approximate surface area is 212 Å². The summed E-state index contributed by atoms with van der Waals surface area (Å²) in [5.41, 5.74) is 5.05. The van der Waals surface area contributed by atoms with Gasteiger partial charge in [0.05, 0.1) is 18.2 Å². The zero-order valence-corrected chi connectivity index (χ0v) is 21.6. The molecule has 0 unspecified atom stereocenters. The number of carbonyl (C=O) groups is 1. The molecule has 36 heavy (non-hydrogen) atoms. The van der Waals surface area contributed by atoms with Crippen LogP contribution in [0.4, 0.5) is 0 Å². The molecule has 0 aromatic heterocycles. The standard InChI is InChI=1S/C27H31N3O5S/c1-19(2)26(30-36(32,33)23-13-10-20(3)11-14-23)27(31)29-28-17-22-12-15-24(34-4)25(16-22)35-18-21-8-6-5-7-9-21/h5-17,19,26,30H,18H2,1-4H3,(H,29,31)/b28-17-/t26-/m1/s1. The van der Waals surface area contributed by atoms with Gasteiger partial charge in [-0.05, 0) is 54.3 Å². The van der Waals surface area contributed by atoms with Gasteiger partial charge in [0, 0.05) is 0 Å². The molecule has 8 nitrogen and oxygen atoms in total. The lowest BCUT2D eigenvalue weighted by molar-refractivity contribution is -0.123. The number of hydrogen-bond acceptors (Lipinski definition) is 6. The van der Waals surface area contributed by atoms with Crippen molar-refractivity contribution in [2.45, 2.75) is 38.3 Å². The molecule has 1 amide bonds. The lowest BCUT2D eigenvalue weighted by Crippen LogP contribution is -2.48. The van der Waals surface area contributed by atoms with Crippen molar-refractivity contribution >= 4 is 22.1 Å². The van der Waals surface area contributed by atoms with Crippen LogP contribution < -0.4 is 19.6 Å². The summed E-state index contributed by atoms with van der Waals surface area (Å²) in [6, 6.07) is 20.4. The normalized spacial score (nSPS) is 12.5. The molecule has 0 heterocycles. The van der Waals surface area contributed by atoms with Gasteiger partial charge in [-0.25, -0.2) is 13.8 Å². The largest absolute Gasteiger partial charge is 0.493 e. The molecule has 190 valence electrons. The first-order valence-corrected chi connectivity index (χ1v) is 12.9. The maximum absolute atomic E-state index is 12.8. The molecule has 3 aromatic rings. The molecule has 0 saturated heterocycles. The highest BCUT2D eigenvalue weighted by molar-refractivity contribution is 7.89. The number of aryl methyl sites for hydroxylation is 1. The molecule has 2 N–H and O–H groups in total. The minimum absolute atomic E-state index is 0.0938. The maximum atomic E-state index is 12.8. The predicted octanol–water partition coefficient (Wildman–Crippen LogP) is 4.04. The van der Waals surface area contributed by atoms with E-state index in [0.29, 0.717) is 23.7 Å². The third-order valence-corrected chi connectivity index (χ3v) is 6.83. The van der Waals surface area contributed by atoms with E-state index in [1.165, 1.54) is 18.3 Å². The average molecular weight is 510 g/mol. The van der Waals surface area contributed by atoms with Gasteiger partial charge in [-0.1, -0.05) is 61.9 Å². The molecule has 0 aliphatic heterocycles. The van der Waals surface area contributed by atoms with Crippen LogP contribution in [0.15, 0.2) is 82.8 Å². The summed E-state index contributed by atoms with van der Waals surface area (Å²) in [4.78, 5) is 12.9. The second-order valence-electron chi connectivity index (χ2n) is 8.57. The van der Waals surface area contributed by atoms with Crippen molar-refractivity contribution in [1.82, 2.24) is 10.1 Å². The van der Waals surface area contributed by atoms with Gasteiger partial charge in [-0.2, -0.15) is 9.82 Å². The second-order valence-corrected chi connectivity index (χ2v) is 10.3. The Balaban J connectivity index is 1.67. The van der Waals surface area contributed by atoms with Crippen molar-refractivity contribution in [1.29, 1.82) is 0 Å². The number of nitrogens with zero attached hydrogens (tertiary/aromatic N) is 1. The fourth-order valence-corrected chi connectivity index (χ4v) is 4.65. The molecule has 0 aliphatic carbocycles. The number of ether oxygens (including phenoxy) is 2. The third kappa shape index (κ3) is 7.40. The van der Waals surface area contributed by atoms with E-state index >= 15 is 0 Å². The topological polar surface area (TPSA) is 106 Å². The summed E-state index contributed by atoms with van der Waals surface area (Å²) in [7, 11) is -2.32. The number of rotatable bonds is 11. The number of hydrazone groups is 1. The summed E-state index contributed by atoms with van der Waals surface area (Å²) >= 11 is 0. The molecule has 3 aromatic carbocycles. The summed E-state index contributed by atoms with van der Waals surface area (Å²) in [5.74, 6) is 0.227. The molecule has 3 rings (SSSR count). The minimum atomic E-state index is -3.88. The van der Waals surface area contributed by atoms with Crippen LogP contribution in [0.25, 0.3) is 0 Å². The van der Waals surface area contributed by atoms with Crippen LogP contribution >= 0.6 is 0 Å². The van der Waals surface area contributed by atoms with Crippen molar-refractivity contribution in [2.75, 3.05) is 7.11 Å². The van der Waals surface area contributed by atoms with Gasteiger partial charge in [0.2, 0.25) is 10.0 Å². The van der Waals surface area contributed by atoms with Gasteiger partial charge in [-0.3, -0.25) is 4.79 Å². The van der Waals surface area contributed by atoms with E-state index in [1.807, 2.05) is 37.3 Å². The minimum Gasteiger partial charge on any atom is -0.493 e. The molecule has 0 aliphatic rings. The Morgan fingerprint density at radius 1 is 1.00 bits per heavy atom. The molecule has 0 radical (unpaired) electrons. The van der Waals surface area contributed by atoms with Gasteiger partial charge < -0.3 is 9.47 Å². The fraction of sp³-hybridized carbons (Fsp3) is 0.259. The van der Waals surface area contributed by atoms with E-state index in [-0.39, 0.29) is 10.8 Å². The number of nitrogens with one attached hydrogen (secondary N) is 2. The van der Waals surface area contributed by atoms with E-state index in [4.69, 9.17) is 9.47 Å². The van der Waals surface area contributed by atoms with E-state index in [2.05, 4.69) is 15.2 Å². The number of benzene rings is 3.